The quantitative estimate of drug-likeness (QED) is 0.0191. The van der Waals surface area contributed by atoms with E-state index in [1.54, 1.807) is 85.2 Å². The molecule has 1 unspecified atom stereocenters. The molecule has 22 heteroatoms. The van der Waals surface area contributed by atoms with Crippen molar-refractivity contribution in [3.63, 3.8) is 0 Å². The molecule has 4 aliphatic rings. The van der Waals surface area contributed by atoms with Crippen LogP contribution < -0.4 is 21.3 Å². The van der Waals surface area contributed by atoms with E-state index in [4.69, 9.17) is 9.97 Å². The molecule has 0 amide bonds. The number of benzene rings is 8. The number of aromatic nitrogens is 8. The molecule has 127 heavy (non-hydrogen) atoms. The molecule has 0 radical (unpaired) electrons. The molecule has 8 heterocycles. The fourth-order valence-corrected chi connectivity index (χ4v) is 17.2. The van der Waals surface area contributed by atoms with Gasteiger partial charge in [-0.2, -0.15) is 0 Å². The van der Waals surface area contributed by atoms with Gasteiger partial charge in [0.2, 0.25) is 0 Å². The summed E-state index contributed by atoms with van der Waals surface area (Å²) in [7, 11) is 0. The number of hydrogen-bond donors (Lipinski definition) is 8. The molecular formula is C105H128F2N16O4. The lowest BCUT2D eigenvalue weighted by molar-refractivity contribution is 0.139. The van der Waals surface area contributed by atoms with E-state index >= 15 is 0 Å². The summed E-state index contributed by atoms with van der Waals surface area (Å²) in [6.07, 6.45) is 21.3. The molecule has 20 nitrogen and oxygen atoms in total. The number of aromatic hydroxyl groups is 4. The van der Waals surface area contributed by atoms with Gasteiger partial charge in [0.25, 0.3) is 0 Å². The average molecular weight is 1720 g/mol. The van der Waals surface area contributed by atoms with Crippen LogP contribution in [0.1, 0.15) is 147 Å². The third-order valence-corrected chi connectivity index (χ3v) is 24.5. The maximum Gasteiger partial charge on any atom is 0.132 e. The van der Waals surface area contributed by atoms with Gasteiger partial charge in [-0.25, -0.2) is 48.7 Å². The Bertz CT molecular complexity index is 5370. The lowest BCUT2D eigenvalue weighted by Gasteiger charge is -2.37. The molecule has 0 aliphatic carbocycles. The molecular weight excluding hydrogens is 1590 g/mol. The van der Waals surface area contributed by atoms with Gasteiger partial charge in [-0.05, 0) is 284 Å². The summed E-state index contributed by atoms with van der Waals surface area (Å²) in [5, 5.41) is 52.0. The van der Waals surface area contributed by atoms with Crippen LogP contribution in [0, 0.1) is 17.6 Å². The highest BCUT2D eigenvalue weighted by Crippen LogP contribution is 2.30. The molecule has 12 aromatic rings. The summed E-state index contributed by atoms with van der Waals surface area (Å²) in [6.45, 7) is 27.4. The van der Waals surface area contributed by atoms with E-state index < -0.39 is 0 Å². The van der Waals surface area contributed by atoms with Crippen molar-refractivity contribution in [2.24, 2.45) is 5.92 Å². The van der Waals surface area contributed by atoms with E-state index in [1.807, 2.05) is 97.3 Å². The van der Waals surface area contributed by atoms with Gasteiger partial charge in [-0.3, -0.25) is 19.6 Å². The maximum atomic E-state index is 14.7. The van der Waals surface area contributed by atoms with Gasteiger partial charge in [0.05, 0.1) is 22.8 Å². The van der Waals surface area contributed by atoms with Crippen LogP contribution in [0.4, 0.5) is 8.78 Å². The minimum Gasteiger partial charge on any atom is -0.508 e. The van der Waals surface area contributed by atoms with Crippen molar-refractivity contribution in [2.45, 2.75) is 181 Å². The first-order valence-electron chi connectivity index (χ1n) is 45.9. The first-order chi connectivity index (χ1) is 62.0. The Morgan fingerprint density at radius 3 is 1.31 bits per heavy atom. The number of piperidine rings is 1. The highest BCUT2D eigenvalue weighted by atomic mass is 19.1. The van der Waals surface area contributed by atoms with Gasteiger partial charge in [-0.15, -0.1) is 0 Å². The van der Waals surface area contributed by atoms with Crippen LogP contribution in [-0.4, -0.2) is 183 Å². The fraction of sp³-hybridized carbons (Fsp3) is 0.390. The van der Waals surface area contributed by atoms with Crippen LogP contribution in [0.5, 0.6) is 23.0 Å². The van der Waals surface area contributed by atoms with E-state index in [-0.39, 0.29) is 23.1 Å². The molecule has 4 aliphatic heterocycles. The monoisotopic (exact) mass is 1720 g/mol. The summed E-state index contributed by atoms with van der Waals surface area (Å²) in [6, 6.07) is 67.2. The van der Waals surface area contributed by atoms with Crippen LogP contribution in [0.25, 0.3) is 45.0 Å². The number of hydrogen-bond acceptors (Lipinski definition) is 20. The molecule has 8 N–H and O–H groups in total. The van der Waals surface area contributed by atoms with Crippen LogP contribution in [0.15, 0.2) is 231 Å². The predicted molar refractivity (Wildman–Crippen MR) is 504 cm³/mol. The predicted octanol–water partition coefficient (Wildman–Crippen LogP) is 17.4. The molecule has 16 rings (SSSR count). The Labute approximate surface area is 750 Å². The van der Waals surface area contributed by atoms with Crippen LogP contribution in [-0.2, 0) is 77.5 Å². The van der Waals surface area contributed by atoms with Gasteiger partial charge >= 0.3 is 0 Å². The van der Waals surface area contributed by atoms with Gasteiger partial charge < -0.3 is 41.7 Å². The largest absolute Gasteiger partial charge is 0.508 e. The maximum absolute atomic E-state index is 14.7. The first-order valence-corrected chi connectivity index (χ1v) is 45.9. The van der Waals surface area contributed by atoms with Gasteiger partial charge in [0.1, 0.15) is 57.9 Å². The smallest absolute Gasteiger partial charge is 0.132 e. The van der Waals surface area contributed by atoms with E-state index in [2.05, 4.69) is 154 Å². The Morgan fingerprint density at radius 1 is 0.394 bits per heavy atom. The third-order valence-electron chi connectivity index (χ3n) is 24.5. The number of nitrogens with one attached hydrogen (secondary N) is 4. The van der Waals surface area contributed by atoms with Crippen LogP contribution in [0.3, 0.4) is 0 Å². The fourth-order valence-electron chi connectivity index (χ4n) is 17.2. The summed E-state index contributed by atoms with van der Waals surface area (Å²) >= 11 is 0. The molecule has 666 valence electrons. The number of aryl methyl sites for hydroxylation is 8. The van der Waals surface area contributed by atoms with Crippen molar-refractivity contribution in [3.8, 4) is 68.0 Å². The number of phenolic OH excluding ortho intramolecular Hbond substituents is 4. The minimum atomic E-state index is -0.264. The molecule has 0 spiro atoms. The highest BCUT2D eigenvalue weighted by molar-refractivity contribution is 5.63. The van der Waals surface area contributed by atoms with Crippen molar-refractivity contribution >= 4 is 0 Å². The molecule has 4 aromatic heterocycles. The van der Waals surface area contributed by atoms with Crippen molar-refractivity contribution in [1.29, 1.82) is 0 Å². The molecule has 0 bridgehead atoms. The number of rotatable bonds is 33. The molecule has 8 aromatic carbocycles. The second-order valence-corrected chi connectivity index (χ2v) is 34.4. The van der Waals surface area contributed by atoms with Gasteiger partial charge in [0, 0.05) is 169 Å². The van der Waals surface area contributed by atoms with E-state index in [1.165, 1.54) is 48.1 Å². The average Bonchev–Trinajstić information content (AvgIpc) is 1.77. The lowest BCUT2D eigenvalue weighted by Crippen LogP contribution is -2.53. The minimum absolute atomic E-state index is 0.262. The zero-order chi connectivity index (χ0) is 88.5. The summed E-state index contributed by atoms with van der Waals surface area (Å²) in [5.74, 6) is 4.59. The molecule has 5 atom stereocenters. The lowest BCUT2D eigenvalue weighted by atomic mass is 9.98. The van der Waals surface area contributed by atoms with Gasteiger partial charge in [0.15, 0.2) is 0 Å². The third kappa shape index (κ3) is 29.7. The SMILES string of the molecule is CCN(Cc1cccc(-c2ccnc(CCCc3ccc(O)cc3)n2)c1)C1CCNC1.CCN(Cc1cccc(-c2ccnc(CCCc3ccc(O)cc3)n2)c1)C[C@@H]1CCCNC1.C[C@@H]1CN(Cc2ccc(F)c(-c3ccnc(CCCc4cccc(O)c4)n3)c2)[C@@H](C)CN1.C[C@H]1CNCCN1Cc1ccc(F)c(-c2ccnc(CCCc3cccc(O)c3)n2)c1. The van der Waals surface area contributed by atoms with Crippen LogP contribution in [0.2, 0.25) is 0 Å². The van der Waals surface area contributed by atoms with Crippen molar-refractivity contribution in [2.75, 3.05) is 78.5 Å². The second kappa shape index (κ2) is 48.7. The highest BCUT2D eigenvalue weighted by Gasteiger charge is 2.26. The summed E-state index contributed by atoms with van der Waals surface area (Å²) in [4.78, 5) is 46.7. The Kier molecular flexibility index (Phi) is 35.8. The zero-order valence-electron chi connectivity index (χ0n) is 74.7. The zero-order valence-corrected chi connectivity index (χ0v) is 74.7. The van der Waals surface area contributed by atoms with E-state index in [0.29, 0.717) is 82.7 Å². The van der Waals surface area contributed by atoms with E-state index in [0.717, 1.165) is 225 Å². The standard InChI is InChI=1S/C28H36N4O.C26H31FN4O.C26H32N4O.C25H29FN4O/c1-2-32(21-24-8-5-16-29-19-24)20-23-7-3-9-25(18-23)27-15-17-30-28(31-27)10-4-6-22-11-13-26(33)14-12-22;1-18-16-31(19(2)15-29-18)17-21-9-10-24(27)23(14-21)25-11-12-28-26(30-25)8-4-6-20-5-3-7-22(32)13-20;1-2-30(23-13-15-27-18-23)19-21-6-3-7-22(17-21)25-14-16-28-26(29-25)8-4-5-20-9-11-24(31)12-10-20;1-18-16-27-12-13-30(18)17-20-8-9-23(26)22(15-20)24-10-11-28-25(29-24)7-3-5-19-4-2-6-21(31)14-19/h3,7,9,11-15,17-18,24,29,33H,2,4-6,8,10,16,19-21H2,1H3;3,5,7,9-14,18-19,29,32H,4,6,8,15-17H2,1-2H3;3,6-7,9-12,14,16-17,23,27,31H,2,4-5,8,13,15,18-19H2,1H3;2,4,6,8-11,14-15,18,27,31H,3,5,7,12-13,16-17H2,1H3/t24-;18-,19+;;18-/m11.0/s1. The van der Waals surface area contributed by atoms with Crippen molar-refractivity contribution in [3.05, 3.63) is 310 Å². The topological polar surface area (TPSA) is 245 Å². The molecule has 4 saturated heterocycles. The van der Waals surface area contributed by atoms with E-state index in [9.17, 15) is 29.2 Å². The van der Waals surface area contributed by atoms with Crippen LogP contribution >= 0.6 is 0 Å². The number of likely N-dealkylation sites (N-methyl/N-ethyl adjacent to an activating group) is 1. The Morgan fingerprint density at radius 2 is 0.843 bits per heavy atom. The first kappa shape index (κ1) is 93.5. The Balaban J connectivity index is 0.000000145. The Hall–Kier alpha value is -11.2. The number of piperazine rings is 2. The summed E-state index contributed by atoms with van der Waals surface area (Å²) in [5.41, 5.74) is 16.0. The molecule has 0 saturated carbocycles. The van der Waals surface area contributed by atoms with Crippen molar-refractivity contribution < 1.29 is 29.2 Å². The van der Waals surface area contributed by atoms with Gasteiger partial charge in [-0.1, -0.05) is 111 Å². The summed E-state index contributed by atoms with van der Waals surface area (Å²) < 4.78 is 29.4. The number of phenols is 4. The second-order valence-electron chi connectivity index (χ2n) is 34.4. The number of halogens is 2. The molecule has 4 fully saturated rings. The van der Waals surface area contributed by atoms with Crippen molar-refractivity contribution in [1.82, 2.24) is 80.7 Å². The normalized spacial score (nSPS) is 17.2. The number of nitrogens with zero attached hydrogens (tertiary/aromatic N) is 12.